The van der Waals surface area contributed by atoms with Crippen LogP contribution in [-0.2, 0) is 20.3 Å². The van der Waals surface area contributed by atoms with Crippen molar-refractivity contribution in [2.45, 2.75) is 70.8 Å². The third-order valence-electron chi connectivity index (χ3n) is 8.17. The molecule has 0 radical (unpaired) electrons. The van der Waals surface area contributed by atoms with E-state index in [0.29, 0.717) is 47.8 Å². The molecule has 3 heterocycles. The van der Waals surface area contributed by atoms with Crippen LogP contribution in [0.25, 0.3) is 22.0 Å². The summed E-state index contributed by atoms with van der Waals surface area (Å²) < 4.78 is 37.9. The van der Waals surface area contributed by atoms with Gasteiger partial charge in [-0.15, -0.1) is 0 Å². The lowest BCUT2D eigenvalue weighted by Crippen LogP contribution is -2.47. The van der Waals surface area contributed by atoms with E-state index < -0.39 is 15.4 Å². The summed E-state index contributed by atoms with van der Waals surface area (Å²) in [4.78, 5) is 28.2. The van der Waals surface area contributed by atoms with Gasteiger partial charge < -0.3 is 19.7 Å². The minimum Gasteiger partial charge on any atom is -0.444 e. The van der Waals surface area contributed by atoms with Gasteiger partial charge in [0.2, 0.25) is 11.8 Å². The number of piperidine rings is 1. The highest BCUT2D eigenvalue weighted by atomic mass is 32.2. The summed E-state index contributed by atoms with van der Waals surface area (Å²) in [6.07, 6.45) is 6.75. The molecule has 0 spiro atoms. The lowest BCUT2D eigenvalue weighted by molar-refractivity contribution is 0.0206. The average Bonchev–Trinajstić information content (AvgIpc) is 3.81. The van der Waals surface area contributed by atoms with Gasteiger partial charge in [0.05, 0.1) is 22.8 Å². The highest BCUT2D eigenvalue weighted by Gasteiger charge is 2.29. The van der Waals surface area contributed by atoms with Crippen molar-refractivity contribution in [3.63, 3.8) is 0 Å². The number of ether oxygens (including phenoxy) is 2. The van der Waals surface area contributed by atoms with Crippen LogP contribution in [0.4, 0.5) is 10.7 Å². The van der Waals surface area contributed by atoms with E-state index in [-0.39, 0.29) is 23.6 Å². The third kappa shape index (κ3) is 7.75. The topological polar surface area (TPSA) is 124 Å². The molecule has 10 nitrogen and oxygen atoms in total. The largest absolute Gasteiger partial charge is 0.444 e. The van der Waals surface area contributed by atoms with E-state index in [1.807, 2.05) is 76.2 Å². The molecule has 4 aromatic rings. The van der Waals surface area contributed by atoms with Gasteiger partial charge in [-0.05, 0) is 94.0 Å². The van der Waals surface area contributed by atoms with Crippen LogP contribution in [-0.4, -0.2) is 64.8 Å². The predicted octanol–water partition coefficient (Wildman–Crippen LogP) is 6.93. The van der Waals surface area contributed by atoms with Gasteiger partial charge in [-0.25, -0.2) is 28.2 Å². The molecule has 2 aliphatic rings. The number of nitrogens with one attached hydrogen (secondary N) is 1. The first-order chi connectivity index (χ1) is 21.9. The summed E-state index contributed by atoms with van der Waals surface area (Å²) >= 11 is 0. The monoisotopic (exact) mass is 643 g/mol. The number of amides is 1. The molecule has 0 bridgehead atoms. The van der Waals surface area contributed by atoms with Crippen LogP contribution in [0.1, 0.15) is 57.6 Å². The van der Waals surface area contributed by atoms with Crippen molar-refractivity contribution in [3.8, 4) is 22.9 Å². The van der Waals surface area contributed by atoms with Crippen molar-refractivity contribution in [2.24, 2.45) is 5.92 Å². The molecule has 2 aromatic carbocycles. The van der Waals surface area contributed by atoms with Gasteiger partial charge in [-0.1, -0.05) is 30.3 Å². The number of likely N-dealkylation sites (tertiary alicyclic amines) is 1. The normalized spacial score (nSPS) is 17.1. The van der Waals surface area contributed by atoms with Gasteiger partial charge in [0.25, 0.3) is 0 Å². The molecule has 1 saturated heterocycles. The highest BCUT2D eigenvalue weighted by molar-refractivity contribution is 7.90. The molecule has 2 aromatic heterocycles. The second kappa shape index (κ2) is 12.9. The van der Waals surface area contributed by atoms with Crippen molar-refractivity contribution in [1.29, 1.82) is 0 Å². The lowest BCUT2D eigenvalue weighted by atomic mass is 10.0. The fourth-order valence-electron chi connectivity index (χ4n) is 5.82. The number of aromatic nitrogens is 3. The zero-order chi connectivity index (χ0) is 32.5. The van der Waals surface area contributed by atoms with Gasteiger partial charge in [0, 0.05) is 36.9 Å². The molecular formula is C35H41N5O5S. The maximum atomic E-state index is 12.9. The van der Waals surface area contributed by atoms with Crippen LogP contribution in [0.3, 0.4) is 0 Å². The molecule has 1 aliphatic heterocycles. The van der Waals surface area contributed by atoms with Crippen LogP contribution in [0, 0.1) is 12.8 Å². The molecule has 11 heteroatoms. The number of hydrogen-bond donors (Lipinski definition) is 1. The van der Waals surface area contributed by atoms with Gasteiger partial charge in [0.1, 0.15) is 11.4 Å². The molecule has 2 fully saturated rings. The molecular weight excluding hydrogens is 602 g/mol. The minimum absolute atomic E-state index is 0.00538. The second-order valence-corrected chi connectivity index (χ2v) is 15.5. The van der Waals surface area contributed by atoms with E-state index in [2.05, 4.69) is 15.3 Å². The van der Waals surface area contributed by atoms with Crippen LogP contribution in [0.2, 0.25) is 0 Å². The summed E-state index contributed by atoms with van der Waals surface area (Å²) in [6.45, 7) is 8.70. The van der Waals surface area contributed by atoms with Crippen LogP contribution >= 0.6 is 0 Å². The molecule has 6 rings (SSSR count). The Kier molecular flexibility index (Phi) is 8.87. The average molecular weight is 644 g/mol. The van der Waals surface area contributed by atoms with Crippen LogP contribution < -0.4 is 10.1 Å². The number of pyridine rings is 1. The van der Waals surface area contributed by atoms with Gasteiger partial charge >= 0.3 is 6.09 Å². The van der Waals surface area contributed by atoms with Gasteiger partial charge in [0.15, 0.2) is 9.84 Å². The maximum absolute atomic E-state index is 12.9. The first-order valence-corrected chi connectivity index (χ1v) is 17.7. The number of nitrogens with zero attached hydrogens (tertiary/aromatic N) is 4. The zero-order valence-electron chi connectivity index (χ0n) is 26.8. The fourth-order valence-corrected chi connectivity index (χ4v) is 7.71. The lowest BCUT2D eigenvalue weighted by Gasteiger charge is -2.34. The van der Waals surface area contributed by atoms with E-state index >= 15 is 0 Å². The second-order valence-electron chi connectivity index (χ2n) is 13.4. The number of benzene rings is 2. The Hall–Kier alpha value is -4.25. The summed E-state index contributed by atoms with van der Waals surface area (Å²) in [5, 5.41) is 5.07. The van der Waals surface area contributed by atoms with Crippen molar-refractivity contribution < 1.29 is 22.7 Å². The molecule has 1 amide bonds. The quantitative estimate of drug-likeness (QED) is 0.207. The molecule has 242 valence electrons. The van der Waals surface area contributed by atoms with E-state index in [1.165, 1.54) is 0 Å². The number of hydrogen-bond acceptors (Lipinski definition) is 9. The van der Waals surface area contributed by atoms with Gasteiger partial charge in [-0.3, -0.25) is 0 Å². The summed E-state index contributed by atoms with van der Waals surface area (Å²) in [5.41, 5.74) is 2.43. The Morgan fingerprint density at radius 2 is 1.83 bits per heavy atom. The number of sulfone groups is 1. The van der Waals surface area contributed by atoms with E-state index in [0.717, 1.165) is 47.6 Å². The number of aryl methyl sites for hydroxylation is 1. The highest BCUT2D eigenvalue weighted by Crippen LogP contribution is 2.38. The number of carbonyl (C=O) groups is 1. The first kappa shape index (κ1) is 31.7. The first-order valence-electron chi connectivity index (χ1n) is 15.9. The summed E-state index contributed by atoms with van der Waals surface area (Å²) in [7, 11) is -3.22. The fraction of sp³-hybridized carbons (Fsp3) is 0.429. The van der Waals surface area contributed by atoms with Crippen molar-refractivity contribution in [3.05, 3.63) is 72.1 Å². The number of fused-ring (bicyclic) bond motifs is 1. The van der Waals surface area contributed by atoms with Crippen molar-refractivity contribution in [2.75, 3.05) is 24.2 Å². The number of anilines is 1. The van der Waals surface area contributed by atoms with Gasteiger partial charge in [-0.2, -0.15) is 0 Å². The molecule has 46 heavy (non-hydrogen) atoms. The Morgan fingerprint density at radius 1 is 1.00 bits per heavy atom. The Labute approximate surface area is 270 Å². The summed E-state index contributed by atoms with van der Waals surface area (Å²) in [6, 6.07) is 15.1. The van der Waals surface area contributed by atoms with E-state index in [4.69, 9.17) is 14.5 Å². The van der Waals surface area contributed by atoms with Crippen LogP contribution in [0.15, 0.2) is 60.9 Å². The zero-order valence-corrected chi connectivity index (χ0v) is 27.6. The van der Waals surface area contributed by atoms with E-state index in [1.54, 1.807) is 17.3 Å². The van der Waals surface area contributed by atoms with E-state index in [9.17, 15) is 13.2 Å². The molecule has 1 atom stereocenters. The predicted molar refractivity (Wildman–Crippen MR) is 179 cm³/mol. The van der Waals surface area contributed by atoms with Crippen molar-refractivity contribution >= 4 is 32.7 Å². The molecule has 0 unspecified atom stereocenters. The number of carbonyl (C=O) groups excluding carboxylic acids is 1. The Bertz CT molecular complexity index is 1850. The minimum atomic E-state index is -3.22. The molecule has 1 saturated carbocycles. The summed E-state index contributed by atoms with van der Waals surface area (Å²) in [5.74, 6) is 2.00. The van der Waals surface area contributed by atoms with Crippen LogP contribution in [0.5, 0.6) is 11.6 Å². The molecule has 1 aliphatic carbocycles. The standard InChI is InChI=1S/C35H41N5O5S/c1-23-12-15-27-25(22-46(42,43)21-24-13-14-24)8-5-10-28(27)31(23)44-32-29(11-6-17-36-32)30-16-18-37-33(39-30)38-26-9-7-19-40(20-26)34(41)45-35(2,3)4/h5-6,8,10-12,15-18,24,26H,7,9,13-14,19-22H2,1-4H3,(H,37,38,39)/t26-/m0/s1. The smallest absolute Gasteiger partial charge is 0.410 e. The Morgan fingerprint density at radius 3 is 2.61 bits per heavy atom. The number of rotatable bonds is 9. The molecule has 1 N–H and O–H groups in total. The maximum Gasteiger partial charge on any atom is 0.410 e. The SMILES string of the molecule is Cc1ccc2c(CS(=O)(=O)CC3CC3)cccc2c1Oc1ncccc1-c1ccnc(N[C@H]2CCCN(C(=O)OC(C)(C)C)C2)n1. The van der Waals surface area contributed by atoms with Crippen molar-refractivity contribution in [1.82, 2.24) is 19.9 Å². The third-order valence-corrected chi connectivity index (χ3v) is 9.90. The Balaban J connectivity index is 1.23.